The number of amides is 1. The molecule has 0 radical (unpaired) electrons. The van der Waals surface area contributed by atoms with E-state index in [0.29, 0.717) is 12.0 Å². The van der Waals surface area contributed by atoms with Crippen LogP contribution in [0.25, 0.3) is 0 Å². The minimum Gasteiger partial charge on any atom is -0.356 e. The molecule has 1 saturated heterocycles. The van der Waals surface area contributed by atoms with Crippen molar-refractivity contribution in [3.05, 3.63) is 34.9 Å². The molecule has 1 aliphatic heterocycles. The molecular weight excluding hydrogens is 307 g/mol. The van der Waals surface area contributed by atoms with Gasteiger partial charge >= 0.3 is 0 Å². The minimum absolute atomic E-state index is 0. The maximum atomic E-state index is 12.2. The topological polar surface area (TPSA) is 41.1 Å². The van der Waals surface area contributed by atoms with Crippen LogP contribution in [0.4, 0.5) is 0 Å². The Hall–Kier alpha value is -0.770. The molecule has 1 aromatic carbocycles. The van der Waals surface area contributed by atoms with Gasteiger partial charge in [0, 0.05) is 17.5 Å². The fourth-order valence-electron chi connectivity index (χ4n) is 3.30. The lowest BCUT2D eigenvalue weighted by atomic mass is 9.92. The van der Waals surface area contributed by atoms with E-state index in [-0.39, 0.29) is 24.2 Å². The molecule has 2 N–H and O–H groups in total. The zero-order valence-electron chi connectivity index (χ0n) is 12.0. The molecule has 1 spiro atoms. The number of piperidine rings is 1. The molecule has 1 atom stereocenters. The fourth-order valence-corrected chi connectivity index (χ4v) is 3.43. The number of benzene rings is 1. The molecule has 3 nitrogen and oxygen atoms in total. The van der Waals surface area contributed by atoms with Gasteiger partial charge in [-0.25, -0.2) is 0 Å². The van der Waals surface area contributed by atoms with Gasteiger partial charge < -0.3 is 10.6 Å². The molecule has 2 fully saturated rings. The summed E-state index contributed by atoms with van der Waals surface area (Å²) in [5.74, 6) is 0.510. The average Bonchev–Trinajstić information content (AvgIpc) is 3.15. The highest BCUT2D eigenvalue weighted by Gasteiger charge is 2.57. The molecule has 1 amide bonds. The molecule has 1 aromatic rings. The summed E-state index contributed by atoms with van der Waals surface area (Å²) in [6.45, 7) is 2.84. The summed E-state index contributed by atoms with van der Waals surface area (Å²) in [4.78, 5) is 12.2. The van der Waals surface area contributed by atoms with Crippen LogP contribution in [-0.2, 0) is 11.2 Å². The Kier molecular flexibility index (Phi) is 5.53. The van der Waals surface area contributed by atoms with Gasteiger partial charge in [0.1, 0.15) is 0 Å². The van der Waals surface area contributed by atoms with E-state index in [1.54, 1.807) is 0 Å². The lowest BCUT2D eigenvalue weighted by Gasteiger charge is -2.23. The largest absolute Gasteiger partial charge is 0.356 e. The van der Waals surface area contributed by atoms with E-state index >= 15 is 0 Å². The third-order valence-electron chi connectivity index (χ3n) is 4.73. The highest BCUT2D eigenvalue weighted by Crippen LogP contribution is 2.58. The number of carbonyl (C=O) groups excluding carboxylic acids is 1. The van der Waals surface area contributed by atoms with E-state index in [4.69, 9.17) is 11.6 Å². The summed E-state index contributed by atoms with van der Waals surface area (Å²) < 4.78 is 0. The SMILES string of the molecule is Cl.O=C(NCCc1ccc(Cl)cc1)C1CC12CCNCC2. The van der Waals surface area contributed by atoms with Gasteiger partial charge in [-0.1, -0.05) is 23.7 Å². The zero-order valence-corrected chi connectivity index (χ0v) is 13.6. The van der Waals surface area contributed by atoms with E-state index in [2.05, 4.69) is 10.6 Å². The summed E-state index contributed by atoms with van der Waals surface area (Å²) in [7, 11) is 0. The smallest absolute Gasteiger partial charge is 0.223 e. The first-order valence-electron chi connectivity index (χ1n) is 7.42. The van der Waals surface area contributed by atoms with Crippen LogP contribution in [0.5, 0.6) is 0 Å². The van der Waals surface area contributed by atoms with Crippen molar-refractivity contribution in [2.75, 3.05) is 19.6 Å². The van der Waals surface area contributed by atoms with Crippen LogP contribution in [-0.4, -0.2) is 25.5 Å². The number of carbonyl (C=O) groups is 1. The Morgan fingerprint density at radius 3 is 2.62 bits per heavy atom. The Balaban J connectivity index is 0.00000161. The number of hydrogen-bond acceptors (Lipinski definition) is 2. The first-order chi connectivity index (χ1) is 9.70. The number of rotatable bonds is 4. The highest BCUT2D eigenvalue weighted by atomic mass is 35.5. The molecule has 0 aromatic heterocycles. The van der Waals surface area contributed by atoms with Crippen molar-refractivity contribution in [3.63, 3.8) is 0 Å². The van der Waals surface area contributed by atoms with Crippen LogP contribution in [0.1, 0.15) is 24.8 Å². The zero-order chi connectivity index (χ0) is 14.0. The van der Waals surface area contributed by atoms with Crippen molar-refractivity contribution < 1.29 is 4.79 Å². The van der Waals surface area contributed by atoms with Crippen LogP contribution in [0.2, 0.25) is 5.02 Å². The van der Waals surface area contributed by atoms with E-state index in [1.165, 1.54) is 5.56 Å². The third-order valence-corrected chi connectivity index (χ3v) is 4.98. The summed E-state index contributed by atoms with van der Waals surface area (Å²) in [6, 6.07) is 7.81. The van der Waals surface area contributed by atoms with Gasteiger partial charge in [-0.15, -0.1) is 12.4 Å². The van der Waals surface area contributed by atoms with Gasteiger partial charge in [-0.05, 0) is 61.9 Å². The van der Waals surface area contributed by atoms with Gasteiger partial charge in [-0.3, -0.25) is 4.79 Å². The number of nitrogens with one attached hydrogen (secondary N) is 2. The molecule has 21 heavy (non-hydrogen) atoms. The van der Waals surface area contributed by atoms with Crippen molar-refractivity contribution in [1.82, 2.24) is 10.6 Å². The molecule has 1 unspecified atom stereocenters. The molecule has 3 rings (SSSR count). The van der Waals surface area contributed by atoms with E-state index in [0.717, 1.165) is 43.8 Å². The van der Waals surface area contributed by atoms with Gasteiger partial charge in [0.15, 0.2) is 0 Å². The van der Waals surface area contributed by atoms with Crippen molar-refractivity contribution in [3.8, 4) is 0 Å². The first kappa shape index (κ1) is 16.6. The van der Waals surface area contributed by atoms with Crippen LogP contribution in [0.3, 0.4) is 0 Å². The van der Waals surface area contributed by atoms with Crippen molar-refractivity contribution in [2.24, 2.45) is 11.3 Å². The van der Waals surface area contributed by atoms with Gasteiger partial charge in [0.05, 0.1) is 0 Å². The maximum absolute atomic E-state index is 12.2. The molecule has 5 heteroatoms. The van der Waals surface area contributed by atoms with Crippen molar-refractivity contribution in [1.29, 1.82) is 0 Å². The second-order valence-corrected chi connectivity index (χ2v) is 6.47. The summed E-state index contributed by atoms with van der Waals surface area (Å²) in [5, 5.41) is 7.21. The molecular formula is C16H22Cl2N2O. The molecule has 1 saturated carbocycles. The Morgan fingerprint density at radius 1 is 1.29 bits per heavy atom. The third kappa shape index (κ3) is 3.91. The number of hydrogen-bond donors (Lipinski definition) is 2. The standard InChI is InChI=1S/C16H21ClN2O.ClH/c17-13-3-1-12(2-4-13)5-8-19-15(20)14-11-16(14)6-9-18-10-7-16;/h1-4,14,18H,5-11H2,(H,19,20);1H. The first-order valence-corrected chi connectivity index (χ1v) is 7.80. The van der Waals surface area contributed by atoms with Crippen molar-refractivity contribution >= 4 is 29.9 Å². The second kappa shape index (κ2) is 6.99. The highest BCUT2D eigenvalue weighted by molar-refractivity contribution is 6.30. The predicted molar refractivity (Wildman–Crippen MR) is 88.1 cm³/mol. The minimum atomic E-state index is 0. The number of halogens is 2. The van der Waals surface area contributed by atoms with Gasteiger partial charge in [0.2, 0.25) is 5.91 Å². The van der Waals surface area contributed by atoms with Crippen LogP contribution in [0, 0.1) is 11.3 Å². The predicted octanol–water partition coefficient (Wildman–Crippen LogP) is 2.81. The normalized spacial score (nSPS) is 22.4. The summed E-state index contributed by atoms with van der Waals surface area (Å²) in [6.07, 6.45) is 4.26. The van der Waals surface area contributed by atoms with E-state index in [1.807, 2.05) is 24.3 Å². The molecule has 0 bridgehead atoms. The average molecular weight is 329 g/mol. The van der Waals surface area contributed by atoms with Crippen molar-refractivity contribution in [2.45, 2.75) is 25.7 Å². The van der Waals surface area contributed by atoms with Crippen LogP contribution >= 0.6 is 24.0 Å². The molecule has 116 valence electrons. The lowest BCUT2D eigenvalue weighted by Crippen LogP contribution is -2.34. The molecule has 2 aliphatic rings. The maximum Gasteiger partial charge on any atom is 0.223 e. The van der Waals surface area contributed by atoms with E-state index in [9.17, 15) is 4.79 Å². The van der Waals surface area contributed by atoms with Crippen LogP contribution in [0.15, 0.2) is 24.3 Å². The second-order valence-electron chi connectivity index (χ2n) is 6.04. The Labute approximate surface area is 137 Å². The monoisotopic (exact) mass is 328 g/mol. The van der Waals surface area contributed by atoms with Crippen LogP contribution < -0.4 is 10.6 Å². The van der Waals surface area contributed by atoms with E-state index < -0.39 is 0 Å². The summed E-state index contributed by atoms with van der Waals surface area (Å²) in [5.41, 5.74) is 1.54. The Morgan fingerprint density at radius 2 is 1.95 bits per heavy atom. The van der Waals surface area contributed by atoms with Gasteiger partial charge in [0.25, 0.3) is 0 Å². The lowest BCUT2D eigenvalue weighted by molar-refractivity contribution is -0.123. The quantitative estimate of drug-likeness (QED) is 0.892. The molecule has 1 heterocycles. The fraction of sp³-hybridized carbons (Fsp3) is 0.562. The van der Waals surface area contributed by atoms with Gasteiger partial charge in [-0.2, -0.15) is 0 Å². The summed E-state index contributed by atoms with van der Waals surface area (Å²) >= 11 is 5.85. The molecule has 1 aliphatic carbocycles. The Bertz CT molecular complexity index is 484.